The van der Waals surface area contributed by atoms with Crippen LogP contribution in [0.15, 0.2) is 30.5 Å². The van der Waals surface area contributed by atoms with Crippen LogP contribution >= 0.6 is 0 Å². The molecular weight excluding hydrogens is 559 g/mol. The van der Waals surface area contributed by atoms with Gasteiger partial charge in [-0.3, -0.25) is 9.88 Å². The Labute approximate surface area is 247 Å². The minimum Gasteiger partial charge on any atom is -0.508 e. The highest BCUT2D eigenvalue weighted by Gasteiger charge is 2.49. The number of fused-ring (bicyclic) bond motifs is 3. The molecule has 43 heavy (non-hydrogen) atoms. The third-order valence-electron chi connectivity index (χ3n) is 9.33. The predicted molar refractivity (Wildman–Crippen MR) is 157 cm³/mol. The van der Waals surface area contributed by atoms with Crippen molar-refractivity contribution in [3.8, 4) is 23.0 Å². The zero-order valence-electron chi connectivity index (χ0n) is 24.0. The van der Waals surface area contributed by atoms with Crippen LogP contribution in [0.3, 0.4) is 0 Å². The number of pyridine rings is 1. The van der Waals surface area contributed by atoms with Crippen molar-refractivity contribution < 1.29 is 28.1 Å². The number of piperidine rings is 1. The molecule has 3 atom stereocenters. The molecule has 5 heterocycles. The summed E-state index contributed by atoms with van der Waals surface area (Å²) < 4.78 is 52.1. The summed E-state index contributed by atoms with van der Waals surface area (Å²) in [6.45, 7) is 4.09. The maximum absolute atomic E-state index is 16.7. The van der Waals surface area contributed by atoms with Gasteiger partial charge in [-0.2, -0.15) is 9.97 Å². The number of ether oxygens (including phenoxy) is 1. The number of alkyl halides is 1. The van der Waals surface area contributed by atoms with Crippen LogP contribution < -0.4 is 9.64 Å². The van der Waals surface area contributed by atoms with Gasteiger partial charge in [0.2, 0.25) is 0 Å². The van der Waals surface area contributed by atoms with Gasteiger partial charge in [-0.25, -0.2) is 13.2 Å². The Bertz CT molecular complexity index is 1720. The third-order valence-corrected chi connectivity index (χ3v) is 9.33. The lowest BCUT2D eigenvalue weighted by Gasteiger charge is -2.32. The minimum atomic E-state index is -0.923. The van der Waals surface area contributed by atoms with E-state index in [1.54, 1.807) is 6.07 Å². The van der Waals surface area contributed by atoms with Crippen molar-refractivity contribution in [2.75, 3.05) is 37.7 Å². The first-order chi connectivity index (χ1) is 20.8. The molecule has 2 aromatic heterocycles. The molecule has 7 rings (SSSR count). The average Bonchev–Trinajstić information content (AvgIpc) is 3.51. The van der Waals surface area contributed by atoms with Crippen LogP contribution in [-0.2, 0) is 6.42 Å². The van der Waals surface area contributed by atoms with E-state index in [4.69, 9.17) is 4.74 Å². The third kappa shape index (κ3) is 4.82. The Morgan fingerprint density at radius 1 is 1.12 bits per heavy atom. The smallest absolute Gasteiger partial charge is 0.319 e. The Kier molecular flexibility index (Phi) is 7.04. The number of aromatic hydroxyl groups is 1. The van der Waals surface area contributed by atoms with Crippen LogP contribution in [0, 0.1) is 11.6 Å². The maximum atomic E-state index is 16.7. The van der Waals surface area contributed by atoms with Crippen LogP contribution in [0.2, 0.25) is 0 Å². The van der Waals surface area contributed by atoms with Gasteiger partial charge >= 0.3 is 6.01 Å². The highest BCUT2D eigenvalue weighted by atomic mass is 19.1. The van der Waals surface area contributed by atoms with E-state index in [0.717, 1.165) is 25.8 Å². The molecule has 0 saturated carbocycles. The Morgan fingerprint density at radius 2 is 1.98 bits per heavy atom. The van der Waals surface area contributed by atoms with E-state index in [-0.39, 0.29) is 35.1 Å². The van der Waals surface area contributed by atoms with Gasteiger partial charge in [0.25, 0.3) is 0 Å². The zero-order chi connectivity index (χ0) is 29.9. The quantitative estimate of drug-likeness (QED) is 0.311. The normalized spacial score (nSPS) is 24.3. The van der Waals surface area contributed by atoms with Gasteiger partial charge < -0.3 is 19.8 Å². The summed E-state index contributed by atoms with van der Waals surface area (Å²) in [6, 6.07) is 5.76. The van der Waals surface area contributed by atoms with Gasteiger partial charge in [0, 0.05) is 37.8 Å². The Morgan fingerprint density at radius 3 is 2.79 bits per heavy atom. The standard InChI is InChI=1S/C32H34F3N5O3/c1-2-22-25(34)7-6-18-11-21(42)12-23(26(18)22)28-27(35)29-24(14-36-28)30(39-9-3-5-20(41)16-39)38-31(37-29)43-17-32-8-4-10-40(32)15-19(33)13-32/h6-7,11-12,14,19-20,41-42H,2-5,8-10,13,15-17H2,1H3/t19-,20?,32?/m1/s1. The van der Waals surface area contributed by atoms with Crippen molar-refractivity contribution in [3.05, 3.63) is 47.7 Å². The van der Waals surface area contributed by atoms with E-state index in [1.807, 2.05) is 11.8 Å². The monoisotopic (exact) mass is 593 g/mol. The minimum absolute atomic E-state index is 0.0356. The number of rotatable bonds is 6. The summed E-state index contributed by atoms with van der Waals surface area (Å²) in [7, 11) is 0. The van der Waals surface area contributed by atoms with Crippen molar-refractivity contribution in [1.82, 2.24) is 19.9 Å². The number of aliphatic hydroxyl groups is 1. The molecular formula is C32H34F3N5O3. The molecule has 4 aromatic rings. The summed E-state index contributed by atoms with van der Waals surface area (Å²) in [4.78, 5) is 17.7. The van der Waals surface area contributed by atoms with Crippen LogP contribution in [0.4, 0.5) is 19.0 Å². The first kappa shape index (κ1) is 28.1. The molecule has 226 valence electrons. The second-order valence-corrected chi connectivity index (χ2v) is 12.1. The molecule has 2 unspecified atom stereocenters. The number of hydrogen-bond donors (Lipinski definition) is 2. The number of phenolic OH excluding ortho intramolecular Hbond substituents is 1. The van der Waals surface area contributed by atoms with Crippen LogP contribution in [0.25, 0.3) is 32.9 Å². The second kappa shape index (κ2) is 10.8. The number of phenols is 1. The van der Waals surface area contributed by atoms with Gasteiger partial charge in [-0.05, 0) is 73.2 Å². The molecule has 0 spiro atoms. The summed E-state index contributed by atoms with van der Waals surface area (Å²) in [5.41, 5.74) is 0.0856. The van der Waals surface area contributed by atoms with E-state index in [9.17, 15) is 19.0 Å². The van der Waals surface area contributed by atoms with Gasteiger partial charge in [0.15, 0.2) is 5.82 Å². The molecule has 0 bridgehead atoms. The number of anilines is 1. The van der Waals surface area contributed by atoms with E-state index >= 15 is 4.39 Å². The summed E-state index contributed by atoms with van der Waals surface area (Å²) >= 11 is 0. The second-order valence-electron chi connectivity index (χ2n) is 12.1. The molecule has 2 aromatic carbocycles. The summed E-state index contributed by atoms with van der Waals surface area (Å²) in [5.74, 6) is -0.884. The predicted octanol–water partition coefficient (Wildman–Crippen LogP) is 5.31. The van der Waals surface area contributed by atoms with Crippen LogP contribution in [0.5, 0.6) is 11.8 Å². The number of benzene rings is 2. The fraction of sp³-hybridized carbons (Fsp3) is 0.469. The molecule has 0 radical (unpaired) electrons. The lowest BCUT2D eigenvalue weighted by atomic mass is 9.94. The largest absolute Gasteiger partial charge is 0.508 e. The molecule has 3 aliphatic rings. The number of aliphatic hydroxyl groups excluding tert-OH is 1. The molecule has 0 aliphatic carbocycles. The maximum Gasteiger partial charge on any atom is 0.319 e. The number of β-amino-alcohol motifs (C(OH)–C–C–N with tert-alkyl or cyclic N) is 1. The molecule has 11 heteroatoms. The molecule has 2 N–H and O–H groups in total. The SMILES string of the molecule is CCc1c(F)ccc2cc(O)cc(-c3ncc4c(N5CCCC(O)C5)nc(OCC56CCCN5C[C@H](F)C6)nc4c3F)c12. The van der Waals surface area contributed by atoms with Gasteiger partial charge in [0.05, 0.1) is 17.0 Å². The van der Waals surface area contributed by atoms with Crippen molar-refractivity contribution in [2.24, 2.45) is 0 Å². The number of aromatic nitrogens is 3. The van der Waals surface area contributed by atoms with Crippen LogP contribution in [0.1, 0.15) is 44.6 Å². The average molecular weight is 594 g/mol. The lowest BCUT2D eigenvalue weighted by molar-refractivity contribution is 0.107. The number of hydrogen-bond acceptors (Lipinski definition) is 8. The van der Waals surface area contributed by atoms with Crippen molar-refractivity contribution in [2.45, 2.75) is 63.3 Å². The van der Waals surface area contributed by atoms with Gasteiger partial charge in [-0.1, -0.05) is 13.0 Å². The Hall–Kier alpha value is -3.70. The first-order valence-corrected chi connectivity index (χ1v) is 15.0. The van der Waals surface area contributed by atoms with Crippen molar-refractivity contribution in [3.63, 3.8) is 0 Å². The zero-order valence-corrected chi connectivity index (χ0v) is 24.0. The van der Waals surface area contributed by atoms with E-state index < -0.39 is 29.4 Å². The van der Waals surface area contributed by atoms with E-state index in [1.165, 1.54) is 24.4 Å². The highest BCUT2D eigenvalue weighted by molar-refractivity contribution is 6.01. The fourth-order valence-electron chi connectivity index (χ4n) is 7.34. The molecule has 3 fully saturated rings. The summed E-state index contributed by atoms with van der Waals surface area (Å²) in [6.07, 6.45) is 3.86. The van der Waals surface area contributed by atoms with E-state index in [0.29, 0.717) is 66.4 Å². The number of halogens is 3. The fourth-order valence-corrected chi connectivity index (χ4v) is 7.34. The molecule has 3 aliphatic heterocycles. The van der Waals surface area contributed by atoms with Crippen molar-refractivity contribution >= 4 is 27.5 Å². The first-order valence-electron chi connectivity index (χ1n) is 15.0. The molecule has 0 amide bonds. The Balaban J connectivity index is 1.37. The molecule has 8 nitrogen and oxygen atoms in total. The van der Waals surface area contributed by atoms with Crippen molar-refractivity contribution in [1.29, 1.82) is 0 Å². The molecule has 3 saturated heterocycles. The topological polar surface area (TPSA) is 94.8 Å². The van der Waals surface area contributed by atoms with Gasteiger partial charge in [-0.15, -0.1) is 0 Å². The van der Waals surface area contributed by atoms with Crippen LogP contribution in [-0.4, -0.2) is 80.7 Å². The van der Waals surface area contributed by atoms with Gasteiger partial charge in [0.1, 0.15) is 41.4 Å². The highest BCUT2D eigenvalue weighted by Crippen LogP contribution is 2.42. The number of aryl methyl sites for hydroxylation is 1. The summed E-state index contributed by atoms with van der Waals surface area (Å²) in [5, 5.41) is 22.3. The lowest BCUT2D eigenvalue weighted by Crippen LogP contribution is -2.43. The number of nitrogens with zero attached hydrogens (tertiary/aromatic N) is 5. The van der Waals surface area contributed by atoms with E-state index in [2.05, 4.69) is 19.9 Å².